The van der Waals surface area contributed by atoms with Gasteiger partial charge in [0.15, 0.2) is 0 Å². The minimum atomic E-state index is -0.274. The van der Waals surface area contributed by atoms with Crippen LogP contribution in [0.5, 0.6) is 0 Å². The molecule has 0 N–H and O–H groups in total. The number of halogens is 1. The molecule has 1 atom stereocenters. The molecule has 1 unspecified atom stereocenters. The van der Waals surface area contributed by atoms with Crippen molar-refractivity contribution in [1.29, 1.82) is 0 Å². The number of carbonyl (C=O) groups is 1. The zero-order valence-corrected chi connectivity index (χ0v) is 14.6. The average Bonchev–Trinajstić information content (AvgIpc) is 2.64. The van der Waals surface area contributed by atoms with Gasteiger partial charge in [0.05, 0.1) is 25.9 Å². The Bertz CT molecular complexity index is 604. The van der Waals surface area contributed by atoms with Gasteiger partial charge in [-0.15, -0.1) is 0 Å². The maximum Gasteiger partial charge on any atom is 0.249 e. The van der Waals surface area contributed by atoms with E-state index in [2.05, 4.69) is 4.90 Å². The Morgan fingerprint density at radius 2 is 1.92 bits per heavy atom. The van der Waals surface area contributed by atoms with Gasteiger partial charge in [-0.3, -0.25) is 9.69 Å². The van der Waals surface area contributed by atoms with Crippen LogP contribution in [0.2, 0.25) is 0 Å². The molecule has 0 bridgehead atoms. The fraction of sp³-hybridized carbons (Fsp3) is 0.526. The molecule has 2 heterocycles. The van der Waals surface area contributed by atoms with Crippen LogP contribution in [0, 0.1) is 5.82 Å². The van der Waals surface area contributed by atoms with Crippen molar-refractivity contribution in [2.24, 2.45) is 0 Å². The molecule has 2 saturated heterocycles. The van der Waals surface area contributed by atoms with Crippen LogP contribution in [0.15, 0.2) is 29.8 Å². The van der Waals surface area contributed by atoms with Crippen LogP contribution in [-0.2, 0) is 14.3 Å². The lowest BCUT2D eigenvalue weighted by molar-refractivity contribution is -0.130. The highest BCUT2D eigenvalue weighted by Gasteiger charge is 2.25. The zero-order chi connectivity index (χ0) is 17.6. The molecule has 0 radical (unpaired) electrons. The highest BCUT2D eigenvalue weighted by atomic mass is 19.1. The van der Waals surface area contributed by atoms with Crippen molar-refractivity contribution in [1.82, 2.24) is 9.80 Å². The first kappa shape index (κ1) is 18.0. The number of carbonyl (C=O) groups excluding carboxylic acids is 1. The van der Waals surface area contributed by atoms with Crippen LogP contribution in [-0.4, -0.2) is 74.4 Å². The highest BCUT2D eigenvalue weighted by Crippen LogP contribution is 2.13. The lowest BCUT2D eigenvalue weighted by atomic mass is 10.1. The maximum atomic E-state index is 13.0. The van der Waals surface area contributed by atoms with Crippen molar-refractivity contribution < 1.29 is 18.7 Å². The van der Waals surface area contributed by atoms with E-state index in [1.807, 2.05) is 11.8 Å². The van der Waals surface area contributed by atoms with E-state index < -0.39 is 0 Å². The summed E-state index contributed by atoms with van der Waals surface area (Å²) in [6.07, 6.45) is 1.94. The van der Waals surface area contributed by atoms with Crippen LogP contribution in [0.1, 0.15) is 12.5 Å². The largest absolute Gasteiger partial charge is 0.376 e. The van der Waals surface area contributed by atoms with Crippen molar-refractivity contribution >= 4 is 12.0 Å². The van der Waals surface area contributed by atoms with Crippen LogP contribution in [0.25, 0.3) is 6.08 Å². The van der Waals surface area contributed by atoms with Crippen molar-refractivity contribution in [3.05, 3.63) is 41.2 Å². The first-order valence-electron chi connectivity index (χ1n) is 8.76. The summed E-state index contributed by atoms with van der Waals surface area (Å²) in [5, 5.41) is 0. The summed E-state index contributed by atoms with van der Waals surface area (Å²) < 4.78 is 24.1. The molecule has 2 aliphatic heterocycles. The normalized spacial score (nSPS) is 22.9. The number of hydrogen-bond donors (Lipinski definition) is 0. The van der Waals surface area contributed by atoms with Crippen molar-refractivity contribution in [3.8, 4) is 0 Å². The van der Waals surface area contributed by atoms with Crippen molar-refractivity contribution in [2.75, 3.05) is 52.5 Å². The summed E-state index contributed by atoms with van der Waals surface area (Å²) in [7, 11) is 0. The third kappa shape index (κ3) is 5.11. The van der Waals surface area contributed by atoms with Gasteiger partial charge in [0, 0.05) is 38.3 Å². The van der Waals surface area contributed by atoms with Gasteiger partial charge in [0.2, 0.25) is 5.91 Å². The monoisotopic (exact) mass is 348 g/mol. The standard InChI is InChI=1S/C19H25FN2O3/c1-15(12-16-2-4-17(20)5-3-16)19(23)22-8-6-21(7-9-22)13-18-14-24-10-11-25-18/h2-5,12,18H,6-11,13-14H2,1H3. The van der Waals surface area contributed by atoms with Gasteiger partial charge in [0.25, 0.3) is 0 Å². The van der Waals surface area contributed by atoms with Gasteiger partial charge < -0.3 is 14.4 Å². The third-order valence-electron chi connectivity index (χ3n) is 4.60. The van der Waals surface area contributed by atoms with E-state index in [0.29, 0.717) is 38.5 Å². The molecule has 136 valence electrons. The predicted molar refractivity (Wildman–Crippen MR) is 93.6 cm³/mol. The maximum absolute atomic E-state index is 13.0. The van der Waals surface area contributed by atoms with Gasteiger partial charge in [-0.2, -0.15) is 0 Å². The Morgan fingerprint density at radius 3 is 2.56 bits per heavy atom. The number of rotatable bonds is 4. The minimum Gasteiger partial charge on any atom is -0.376 e. The van der Waals surface area contributed by atoms with E-state index in [4.69, 9.17) is 9.47 Å². The summed E-state index contributed by atoms with van der Waals surface area (Å²) in [6, 6.07) is 6.16. The van der Waals surface area contributed by atoms with Crippen LogP contribution >= 0.6 is 0 Å². The molecule has 0 spiro atoms. The molecule has 2 fully saturated rings. The molecule has 2 aliphatic rings. The second-order valence-electron chi connectivity index (χ2n) is 6.54. The molecule has 0 saturated carbocycles. The smallest absolute Gasteiger partial charge is 0.249 e. The molecule has 25 heavy (non-hydrogen) atoms. The molecule has 0 aliphatic carbocycles. The summed E-state index contributed by atoms with van der Waals surface area (Å²) in [6.45, 7) is 7.76. The van der Waals surface area contributed by atoms with Crippen molar-refractivity contribution in [3.63, 3.8) is 0 Å². The lowest BCUT2D eigenvalue weighted by Gasteiger charge is -2.37. The molecular weight excluding hydrogens is 323 g/mol. The fourth-order valence-electron chi connectivity index (χ4n) is 3.18. The Hall–Kier alpha value is -1.76. The molecular formula is C19H25FN2O3. The van der Waals surface area contributed by atoms with Crippen LogP contribution in [0.3, 0.4) is 0 Å². The van der Waals surface area contributed by atoms with E-state index in [1.54, 1.807) is 18.2 Å². The highest BCUT2D eigenvalue weighted by molar-refractivity contribution is 5.97. The van der Waals surface area contributed by atoms with Gasteiger partial charge in [-0.05, 0) is 30.7 Å². The molecule has 1 aromatic rings. The lowest BCUT2D eigenvalue weighted by Crippen LogP contribution is -2.51. The van der Waals surface area contributed by atoms with Crippen LogP contribution < -0.4 is 0 Å². The van der Waals surface area contributed by atoms with Crippen molar-refractivity contribution in [2.45, 2.75) is 13.0 Å². The summed E-state index contributed by atoms with van der Waals surface area (Å²) >= 11 is 0. The SMILES string of the molecule is CC(=Cc1ccc(F)cc1)C(=O)N1CCN(CC2COCCO2)CC1. The van der Waals surface area contributed by atoms with Crippen LogP contribution in [0.4, 0.5) is 4.39 Å². The molecule has 6 heteroatoms. The third-order valence-corrected chi connectivity index (χ3v) is 4.60. The zero-order valence-electron chi connectivity index (χ0n) is 14.6. The number of piperazine rings is 1. The Kier molecular flexibility index (Phi) is 6.18. The summed E-state index contributed by atoms with van der Waals surface area (Å²) in [4.78, 5) is 16.8. The Balaban J connectivity index is 1.49. The van der Waals surface area contributed by atoms with E-state index in [1.165, 1.54) is 12.1 Å². The molecule has 5 nitrogen and oxygen atoms in total. The second kappa shape index (κ2) is 8.56. The predicted octanol–water partition coefficient (Wildman–Crippen LogP) is 1.79. The summed E-state index contributed by atoms with van der Waals surface area (Å²) in [5.41, 5.74) is 1.50. The number of nitrogens with zero attached hydrogens (tertiary/aromatic N) is 2. The number of benzene rings is 1. The number of ether oxygens (including phenoxy) is 2. The number of hydrogen-bond acceptors (Lipinski definition) is 4. The van der Waals surface area contributed by atoms with Gasteiger partial charge in [0.1, 0.15) is 5.82 Å². The Labute approximate surface area is 148 Å². The van der Waals surface area contributed by atoms with E-state index in [0.717, 1.165) is 25.2 Å². The molecule has 1 aromatic carbocycles. The van der Waals surface area contributed by atoms with Gasteiger partial charge in [-0.1, -0.05) is 12.1 Å². The van der Waals surface area contributed by atoms with Gasteiger partial charge in [-0.25, -0.2) is 4.39 Å². The quantitative estimate of drug-likeness (QED) is 0.778. The second-order valence-corrected chi connectivity index (χ2v) is 6.54. The Morgan fingerprint density at radius 1 is 1.20 bits per heavy atom. The van der Waals surface area contributed by atoms with E-state index >= 15 is 0 Å². The molecule has 3 rings (SSSR count). The first-order chi connectivity index (χ1) is 12.1. The van der Waals surface area contributed by atoms with E-state index in [9.17, 15) is 9.18 Å². The minimum absolute atomic E-state index is 0.0428. The molecule has 0 aromatic heterocycles. The van der Waals surface area contributed by atoms with E-state index in [-0.39, 0.29) is 17.8 Å². The molecule has 1 amide bonds. The number of amides is 1. The topological polar surface area (TPSA) is 42.0 Å². The fourth-order valence-corrected chi connectivity index (χ4v) is 3.18. The first-order valence-corrected chi connectivity index (χ1v) is 8.76. The van der Waals surface area contributed by atoms with Gasteiger partial charge >= 0.3 is 0 Å². The average molecular weight is 348 g/mol. The summed E-state index contributed by atoms with van der Waals surface area (Å²) in [5.74, 6) is -0.231.